The Morgan fingerprint density at radius 2 is 1.28 bits per heavy atom. The van der Waals surface area contributed by atoms with E-state index in [4.69, 9.17) is 0 Å². The normalized spacial score (nSPS) is 21.1. The highest BCUT2D eigenvalue weighted by molar-refractivity contribution is 4.88. The minimum atomic E-state index is 0.611. The van der Waals surface area contributed by atoms with Crippen molar-refractivity contribution >= 4 is 0 Å². The molecule has 3 saturated carbocycles. The Bertz CT molecular complexity index is 209. The minimum Gasteiger partial charge on any atom is -0.106 e. The van der Waals surface area contributed by atoms with Crippen molar-refractivity contribution < 1.29 is 0 Å². The molecule has 0 aromatic carbocycles. The van der Waals surface area contributed by atoms with Crippen LogP contribution < -0.4 is 0 Å². The predicted molar refractivity (Wildman–Crippen MR) is 84.8 cm³/mol. The summed E-state index contributed by atoms with van der Waals surface area (Å²) >= 11 is 0. The van der Waals surface area contributed by atoms with Crippen LogP contribution in [0.3, 0.4) is 0 Å². The molecular formula is C18H34. The molecule has 0 bridgehead atoms. The van der Waals surface area contributed by atoms with Crippen molar-refractivity contribution in [3.05, 3.63) is 25.8 Å². The summed E-state index contributed by atoms with van der Waals surface area (Å²) in [6.07, 6.45) is 10.7. The Kier molecular flexibility index (Phi) is 8.31. The molecule has 3 aliphatic rings. The zero-order valence-electron chi connectivity index (χ0n) is 13.2. The van der Waals surface area contributed by atoms with Gasteiger partial charge in [-0.15, -0.1) is 19.7 Å². The summed E-state index contributed by atoms with van der Waals surface area (Å²) in [7, 11) is 0. The Labute approximate surface area is 116 Å². The van der Waals surface area contributed by atoms with Crippen molar-refractivity contribution in [3.63, 3.8) is 0 Å². The molecular weight excluding hydrogens is 216 g/mol. The van der Waals surface area contributed by atoms with E-state index < -0.39 is 0 Å². The molecule has 0 aliphatic heterocycles. The molecule has 0 heterocycles. The first kappa shape index (κ1) is 17.5. The van der Waals surface area contributed by atoms with E-state index in [0.29, 0.717) is 5.41 Å². The van der Waals surface area contributed by atoms with E-state index in [1.54, 1.807) is 0 Å². The maximum Gasteiger partial charge on any atom is -0.0236 e. The van der Waals surface area contributed by atoms with Gasteiger partial charge in [0.05, 0.1) is 0 Å². The van der Waals surface area contributed by atoms with Gasteiger partial charge in [-0.3, -0.25) is 0 Å². The first-order chi connectivity index (χ1) is 8.43. The lowest BCUT2D eigenvalue weighted by atomic mass is 9.91. The maximum atomic E-state index is 3.62. The highest BCUT2D eigenvalue weighted by atomic mass is 14.4. The van der Waals surface area contributed by atoms with Gasteiger partial charge in [0.25, 0.3) is 0 Å². The first-order valence-corrected chi connectivity index (χ1v) is 7.56. The van der Waals surface area contributed by atoms with Crippen LogP contribution in [0.4, 0.5) is 0 Å². The summed E-state index contributed by atoms with van der Waals surface area (Å²) in [6.45, 7) is 18.9. The number of rotatable bonds is 1. The number of hydrogen-bond acceptors (Lipinski definition) is 0. The topological polar surface area (TPSA) is 0 Å². The van der Waals surface area contributed by atoms with Gasteiger partial charge in [0.2, 0.25) is 0 Å². The van der Waals surface area contributed by atoms with E-state index in [1.807, 2.05) is 6.08 Å². The van der Waals surface area contributed by atoms with Gasteiger partial charge in [0, 0.05) is 0 Å². The predicted octanol–water partition coefficient (Wildman–Crippen LogP) is 6.24. The maximum absolute atomic E-state index is 3.62. The average Bonchev–Trinajstić information content (AvgIpc) is 3.19. The lowest BCUT2D eigenvalue weighted by Gasteiger charge is -2.15. The van der Waals surface area contributed by atoms with E-state index in [1.165, 1.54) is 38.5 Å². The molecule has 0 amide bonds. The van der Waals surface area contributed by atoms with E-state index in [0.717, 1.165) is 17.8 Å². The van der Waals surface area contributed by atoms with Gasteiger partial charge < -0.3 is 0 Å². The van der Waals surface area contributed by atoms with E-state index in [-0.39, 0.29) is 0 Å². The third-order valence-corrected chi connectivity index (χ3v) is 3.62. The minimum absolute atomic E-state index is 0.611. The number of hydrogen-bond donors (Lipinski definition) is 0. The molecule has 106 valence electrons. The molecule has 0 unspecified atom stereocenters. The Hall–Kier alpha value is -0.520. The second kappa shape index (κ2) is 8.56. The molecule has 0 radical (unpaired) electrons. The van der Waals surface area contributed by atoms with Crippen molar-refractivity contribution in [2.45, 2.75) is 66.2 Å². The third-order valence-electron chi connectivity index (χ3n) is 3.62. The van der Waals surface area contributed by atoms with Crippen LogP contribution in [-0.2, 0) is 0 Å². The molecule has 3 fully saturated rings. The summed E-state index contributed by atoms with van der Waals surface area (Å²) in [4.78, 5) is 0. The summed E-state index contributed by atoms with van der Waals surface area (Å²) in [5, 5.41) is 0. The first-order valence-electron chi connectivity index (χ1n) is 7.56. The molecule has 0 saturated heterocycles. The third kappa shape index (κ3) is 12.0. The van der Waals surface area contributed by atoms with Gasteiger partial charge in [-0.25, -0.2) is 0 Å². The summed E-state index contributed by atoms with van der Waals surface area (Å²) in [5.41, 5.74) is 0.611. The van der Waals surface area contributed by atoms with Gasteiger partial charge >= 0.3 is 0 Å². The van der Waals surface area contributed by atoms with Crippen molar-refractivity contribution in [2.24, 2.45) is 23.2 Å². The second-order valence-corrected chi connectivity index (χ2v) is 6.90. The largest absolute Gasteiger partial charge is 0.106 e. The monoisotopic (exact) mass is 250 g/mol. The van der Waals surface area contributed by atoms with Crippen molar-refractivity contribution in [2.75, 3.05) is 0 Å². The quantitative estimate of drug-likeness (QED) is 0.483. The van der Waals surface area contributed by atoms with Gasteiger partial charge in [0.1, 0.15) is 0 Å². The Balaban J connectivity index is 0.000000233. The van der Waals surface area contributed by atoms with Gasteiger partial charge in [-0.05, 0) is 48.9 Å². The molecule has 0 heteroatoms. The fourth-order valence-corrected chi connectivity index (χ4v) is 1.45. The summed E-state index contributed by atoms with van der Waals surface area (Å²) in [6, 6.07) is 0. The van der Waals surface area contributed by atoms with Crippen molar-refractivity contribution in [1.82, 2.24) is 0 Å². The summed E-state index contributed by atoms with van der Waals surface area (Å²) < 4.78 is 0. The van der Waals surface area contributed by atoms with Crippen LogP contribution in [0.1, 0.15) is 66.2 Å². The van der Waals surface area contributed by atoms with E-state index in [9.17, 15) is 0 Å². The molecule has 18 heavy (non-hydrogen) atoms. The van der Waals surface area contributed by atoms with Crippen LogP contribution >= 0.6 is 0 Å². The van der Waals surface area contributed by atoms with Crippen LogP contribution in [0, 0.1) is 23.2 Å². The lowest BCUT2D eigenvalue weighted by Crippen LogP contribution is -2.06. The molecule has 0 nitrogen and oxygen atoms in total. The van der Waals surface area contributed by atoms with E-state index in [2.05, 4.69) is 47.4 Å². The van der Waals surface area contributed by atoms with Crippen LogP contribution in [-0.4, -0.2) is 0 Å². The van der Waals surface area contributed by atoms with Crippen LogP contribution in [0.15, 0.2) is 25.8 Å². The van der Waals surface area contributed by atoms with Gasteiger partial charge in [-0.1, -0.05) is 46.6 Å². The van der Waals surface area contributed by atoms with Crippen LogP contribution in [0.2, 0.25) is 0 Å². The Morgan fingerprint density at radius 1 is 0.889 bits per heavy atom. The molecule has 0 aromatic rings. The highest BCUT2D eigenvalue weighted by Crippen LogP contribution is 2.44. The van der Waals surface area contributed by atoms with Crippen molar-refractivity contribution in [3.8, 4) is 0 Å². The highest BCUT2D eigenvalue weighted by Gasteiger charge is 2.33. The SMILES string of the molecule is C=C.C=CC1CC1.CC(C)(C)C1CC1.CC1CC1. The number of allylic oxidation sites excluding steroid dienone is 1. The van der Waals surface area contributed by atoms with Gasteiger partial charge in [-0.2, -0.15) is 0 Å². The van der Waals surface area contributed by atoms with E-state index >= 15 is 0 Å². The zero-order chi connectivity index (χ0) is 14.2. The second-order valence-electron chi connectivity index (χ2n) is 6.90. The van der Waals surface area contributed by atoms with Gasteiger partial charge in [0.15, 0.2) is 0 Å². The Morgan fingerprint density at radius 3 is 1.28 bits per heavy atom. The van der Waals surface area contributed by atoms with Crippen LogP contribution in [0.25, 0.3) is 0 Å². The zero-order valence-corrected chi connectivity index (χ0v) is 13.2. The summed E-state index contributed by atoms with van der Waals surface area (Å²) in [5.74, 6) is 3.03. The molecule has 0 N–H and O–H groups in total. The molecule has 0 atom stereocenters. The molecule has 3 aliphatic carbocycles. The molecule has 0 spiro atoms. The fraction of sp³-hybridized carbons (Fsp3) is 0.778. The smallest absolute Gasteiger partial charge is 0.0236 e. The molecule has 0 aromatic heterocycles. The fourth-order valence-electron chi connectivity index (χ4n) is 1.45. The standard InChI is InChI=1S/C7H14.C5H8.C4H8.C2H4/c1-7(2,3)6-4-5-6;1-2-5-3-4-5;1-4-2-3-4;1-2/h6H,4-5H2,1-3H3;2,5H,1,3-4H2;4H,2-3H2,1H3;1-2H2. The lowest BCUT2D eigenvalue weighted by molar-refractivity contribution is 0.351. The average molecular weight is 250 g/mol. The van der Waals surface area contributed by atoms with Crippen LogP contribution in [0.5, 0.6) is 0 Å². The van der Waals surface area contributed by atoms with Crippen molar-refractivity contribution in [1.29, 1.82) is 0 Å². The molecule has 3 rings (SSSR count).